The number of hydrogen-bond donors (Lipinski definition) is 2. The van der Waals surface area contributed by atoms with Crippen LogP contribution < -0.4 is 4.72 Å². The predicted molar refractivity (Wildman–Crippen MR) is 92.0 cm³/mol. The molecule has 0 amide bonds. The number of sulfonamides is 1. The van der Waals surface area contributed by atoms with Gasteiger partial charge in [-0.1, -0.05) is 12.8 Å². The van der Waals surface area contributed by atoms with Crippen LogP contribution in [-0.4, -0.2) is 68.5 Å². The average molecular weight is 573 g/mol. The molecule has 0 aliphatic carbocycles. The molecule has 0 bridgehead atoms. The number of hydrogen-bond acceptors (Lipinski definition) is 3. The second kappa shape index (κ2) is 11.5. The lowest BCUT2D eigenvalue weighted by atomic mass is 9.80. The Morgan fingerprint density at radius 1 is 0.629 bits per heavy atom. The third-order valence-corrected chi connectivity index (χ3v) is 6.34. The molecule has 0 heterocycles. The molecule has 212 valence electrons. The molecule has 0 radical (unpaired) electrons. The minimum Gasteiger partial charge on any atom is -0.396 e. The Kier molecular flexibility index (Phi) is 11.2. The van der Waals surface area contributed by atoms with Crippen molar-refractivity contribution in [2.24, 2.45) is 5.92 Å². The summed E-state index contributed by atoms with van der Waals surface area (Å²) >= 11 is 0. The number of alkyl halides is 14. The zero-order chi connectivity index (χ0) is 28.1. The van der Waals surface area contributed by atoms with Crippen LogP contribution in [0.15, 0.2) is 0 Å². The van der Waals surface area contributed by atoms with Crippen LogP contribution in [0.3, 0.4) is 0 Å². The van der Waals surface area contributed by atoms with Crippen molar-refractivity contribution >= 4 is 10.0 Å². The molecule has 0 saturated carbocycles. The summed E-state index contributed by atoms with van der Waals surface area (Å²) in [6.45, 7) is -0.721. The highest BCUT2D eigenvalue weighted by atomic mass is 32.2. The molecule has 0 aliphatic heterocycles. The second-order valence-corrected chi connectivity index (χ2v) is 9.58. The van der Waals surface area contributed by atoms with Crippen LogP contribution >= 0.6 is 0 Å². The first-order valence-electron chi connectivity index (χ1n) is 9.57. The van der Waals surface area contributed by atoms with Crippen molar-refractivity contribution in [1.82, 2.24) is 4.72 Å². The molecule has 0 unspecified atom stereocenters. The SMILES string of the molecule is O=S(=O)(CCCCC(CC(F)(C(F)(F)F)C(F)(F)F)CC(F)(C(F)(F)F)C(F)(F)F)NCCCO. The van der Waals surface area contributed by atoms with Gasteiger partial charge in [0, 0.05) is 26.0 Å². The molecular weight excluding hydrogens is 552 g/mol. The summed E-state index contributed by atoms with van der Waals surface area (Å²) in [6.07, 6.45) is -36.4. The highest BCUT2D eigenvalue weighted by Crippen LogP contribution is 2.55. The Morgan fingerprint density at radius 2 is 1.00 bits per heavy atom. The van der Waals surface area contributed by atoms with E-state index in [1.165, 1.54) is 0 Å². The third kappa shape index (κ3) is 9.05. The van der Waals surface area contributed by atoms with Gasteiger partial charge in [0.2, 0.25) is 10.0 Å². The van der Waals surface area contributed by atoms with E-state index in [2.05, 4.69) is 0 Å². The molecule has 0 rings (SSSR count). The Balaban J connectivity index is 5.92. The molecule has 0 aromatic heterocycles. The molecule has 4 nitrogen and oxygen atoms in total. The Hall–Kier alpha value is -1.11. The summed E-state index contributed by atoms with van der Waals surface area (Å²) in [6, 6.07) is 0. The molecule has 35 heavy (non-hydrogen) atoms. The van der Waals surface area contributed by atoms with Gasteiger partial charge in [-0.3, -0.25) is 0 Å². The Labute approximate surface area is 190 Å². The van der Waals surface area contributed by atoms with Gasteiger partial charge in [0.15, 0.2) is 0 Å². The molecule has 0 spiro atoms. The van der Waals surface area contributed by atoms with E-state index >= 15 is 0 Å². The quantitative estimate of drug-likeness (QED) is 0.225. The lowest BCUT2D eigenvalue weighted by Gasteiger charge is -2.37. The summed E-state index contributed by atoms with van der Waals surface area (Å²) in [5.41, 5.74) is -12.5. The number of aliphatic hydroxyl groups excluding tert-OH is 1. The number of unbranched alkanes of at least 4 members (excludes halogenated alkanes) is 1. The van der Waals surface area contributed by atoms with Crippen molar-refractivity contribution in [3.63, 3.8) is 0 Å². The molecule has 2 N–H and O–H groups in total. The van der Waals surface area contributed by atoms with Gasteiger partial charge in [-0.2, -0.15) is 52.7 Å². The summed E-state index contributed by atoms with van der Waals surface area (Å²) in [5.74, 6) is -4.02. The van der Waals surface area contributed by atoms with E-state index in [-0.39, 0.29) is 13.0 Å². The first-order valence-corrected chi connectivity index (χ1v) is 11.2. The minimum absolute atomic E-state index is 0.0533. The van der Waals surface area contributed by atoms with Crippen molar-refractivity contribution in [3.8, 4) is 0 Å². The number of nitrogens with one attached hydrogen (secondary N) is 1. The normalized spacial score (nSPS) is 15.2. The average Bonchev–Trinajstić information content (AvgIpc) is 2.61. The van der Waals surface area contributed by atoms with Crippen LogP contribution in [0.4, 0.5) is 61.5 Å². The lowest BCUT2D eigenvalue weighted by molar-refractivity contribution is -0.356. The maximum absolute atomic E-state index is 14.0. The Bertz CT molecular complexity index is 689. The van der Waals surface area contributed by atoms with Crippen molar-refractivity contribution < 1.29 is 75.0 Å². The second-order valence-electron chi connectivity index (χ2n) is 7.65. The molecule has 0 aromatic rings. The van der Waals surface area contributed by atoms with E-state index in [9.17, 15) is 69.9 Å². The summed E-state index contributed by atoms with van der Waals surface area (Å²) in [5, 5.41) is 8.54. The molecule has 0 atom stereocenters. The summed E-state index contributed by atoms with van der Waals surface area (Å²) in [7, 11) is -4.14. The van der Waals surface area contributed by atoms with Crippen molar-refractivity contribution in [2.45, 2.75) is 74.6 Å². The van der Waals surface area contributed by atoms with Crippen molar-refractivity contribution in [3.05, 3.63) is 0 Å². The van der Waals surface area contributed by atoms with Gasteiger partial charge in [-0.15, -0.1) is 0 Å². The number of rotatable bonds is 13. The summed E-state index contributed by atoms with van der Waals surface area (Å²) in [4.78, 5) is 0. The zero-order valence-electron chi connectivity index (χ0n) is 17.4. The lowest BCUT2D eigenvalue weighted by Crippen LogP contribution is -2.57. The first kappa shape index (κ1) is 33.9. The fourth-order valence-electron chi connectivity index (χ4n) is 2.96. The van der Waals surface area contributed by atoms with Gasteiger partial charge in [-0.05, 0) is 18.8 Å². The van der Waals surface area contributed by atoms with Gasteiger partial charge < -0.3 is 5.11 Å². The van der Waals surface area contributed by atoms with E-state index in [0.29, 0.717) is 0 Å². The highest BCUT2D eigenvalue weighted by molar-refractivity contribution is 7.89. The van der Waals surface area contributed by atoms with Crippen LogP contribution in [0.1, 0.15) is 38.5 Å². The van der Waals surface area contributed by atoms with Crippen LogP contribution in [0, 0.1) is 5.92 Å². The van der Waals surface area contributed by atoms with E-state index in [1.54, 1.807) is 0 Å². The fourth-order valence-corrected chi connectivity index (χ4v) is 4.14. The van der Waals surface area contributed by atoms with Crippen LogP contribution in [0.5, 0.6) is 0 Å². The zero-order valence-corrected chi connectivity index (χ0v) is 18.2. The molecule has 0 aliphatic rings. The van der Waals surface area contributed by atoms with Gasteiger partial charge in [0.1, 0.15) is 0 Å². The molecule has 0 fully saturated rings. The van der Waals surface area contributed by atoms with E-state index in [1.807, 2.05) is 4.72 Å². The molecular formula is C16H21F14NO3S. The van der Waals surface area contributed by atoms with E-state index < -0.39 is 96.4 Å². The van der Waals surface area contributed by atoms with Crippen LogP contribution in [0.25, 0.3) is 0 Å². The van der Waals surface area contributed by atoms with Crippen LogP contribution in [0.2, 0.25) is 0 Å². The predicted octanol–water partition coefficient (Wildman–Crippen LogP) is 5.52. The minimum atomic E-state index is -6.82. The number of halogens is 14. The van der Waals surface area contributed by atoms with Crippen molar-refractivity contribution in [1.29, 1.82) is 0 Å². The van der Waals surface area contributed by atoms with Gasteiger partial charge in [0.05, 0.1) is 5.75 Å². The van der Waals surface area contributed by atoms with Crippen molar-refractivity contribution in [2.75, 3.05) is 18.9 Å². The van der Waals surface area contributed by atoms with Crippen LogP contribution in [-0.2, 0) is 10.0 Å². The largest absolute Gasteiger partial charge is 0.431 e. The van der Waals surface area contributed by atoms with Gasteiger partial charge >= 0.3 is 24.7 Å². The summed E-state index contributed by atoms with van der Waals surface area (Å²) < 4.78 is 207. The van der Waals surface area contributed by atoms with Gasteiger partial charge in [0.25, 0.3) is 11.3 Å². The standard InChI is InChI=1S/C16H21F14NO3S/c17-11(13(19,20)21,14(22,23)24)8-10(9-12(18,15(25,26)27)16(28,29)30)4-1-2-7-35(33,34)31-5-3-6-32/h10,31-32H,1-9H2. The maximum Gasteiger partial charge on any atom is 0.431 e. The Morgan fingerprint density at radius 3 is 1.31 bits per heavy atom. The topological polar surface area (TPSA) is 66.4 Å². The molecule has 0 saturated heterocycles. The van der Waals surface area contributed by atoms with E-state index in [4.69, 9.17) is 5.11 Å². The van der Waals surface area contributed by atoms with Gasteiger partial charge in [-0.25, -0.2) is 21.9 Å². The highest BCUT2D eigenvalue weighted by Gasteiger charge is 2.75. The smallest absolute Gasteiger partial charge is 0.396 e. The number of aliphatic hydroxyl groups is 1. The fraction of sp³-hybridized carbons (Fsp3) is 1.00. The third-order valence-electron chi connectivity index (χ3n) is 4.87. The molecule has 0 aromatic carbocycles. The van der Waals surface area contributed by atoms with E-state index in [0.717, 1.165) is 0 Å². The first-order chi connectivity index (χ1) is 15.3. The monoisotopic (exact) mass is 573 g/mol. The molecule has 19 heteroatoms. The maximum atomic E-state index is 14.0.